The van der Waals surface area contributed by atoms with E-state index in [0.717, 1.165) is 17.6 Å². The molecule has 3 aromatic rings. The van der Waals surface area contributed by atoms with Crippen molar-refractivity contribution in [2.24, 2.45) is 0 Å². The van der Waals surface area contributed by atoms with Gasteiger partial charge in [-0.15, -0.1) is 0 Å². The lowest BCUT2D eigenvalue weighted by Gasteiger charge is -2.35. The predicted molar refractivity (Wildman–Crippen MR) is 125 cm³/mol. The smallest absolute Gasteiger partial charge is 0.246 e. The summed E-state index contributed by atoms with van der Waals surface area (Å²) < 4.78 is 46.5. The fourth-order valence-corrected chi connectivity index (χ4v) is 5.30. The van der Waals surface area contributed by atoms with Crippen molar-refractivity contribution in [3.63, 3.8) is 0 Å². The average molecular weight is 472 g/mol. The van der Waals surface area contributed by atoms with Crippen LogP contribution < -0.4 is 15.0 Å². The number of nitrogens with zero attached hydrogens (tertiary/aromatic N) is 4. The van der Waals surface area contributed by atoms with Gasteiger partial charge in [0.2, 0.25) is 10.0 Å². The molecule has 0 atom stereocenters. The summed E-state index contributed by atoms with van der Waals surface area (Å²) in [4.78, 5) is 10.8. The number of hydrogen-bond donors (Lipinski definition) is 1. The van der Waals surface area contributed by atoms with Gasteiger partial charge < -0.3 is 15.0 Å². The van der Waals surface area contributed by atoms with Gasteiger partial charge in [0.1, 0.15) is 33.9 Å². The summed E-state index contributed by atoms with van der Waals surface area (Å²) in [6.45, 7) is 5.22. The third-order valence-corrected chi connectivity index (χ3v) is 7.37. The van der Waals surface area contributed by atoms with Crippen LogP contribution in [0.2, 0.25) is 0 Å². The number of ether oxygens (including phenoxy) is 1. The third kappa shape index (κ3) is 5.07. The highest BCUT2D eigenvalue weighted by Crippen LogP contribution is 2.29. The second-order valence-electron chi connectivity index (χ2n) is 7.84. The number of anilines is 3. The number of sulfonamides is 1. The van der Waals surface area contributed by atoms with Crippen LogP contribution in [-0.4, -0.2) is 56.0 Å². The van der Waals surface area contributed by atoms with Crippen LogP contribution >= 0.6 is 0 Å². The fourth-order valence-electron chi connectivity index (χ4n) is 3.71. The first-order valence-electron chi connectivity index (χ1n) is 10.5. The van der Waals surface area contributed by atoms with Crippen LogP contribution in [-0.2, 0) is 10.0 Å². The Morgan fingerprint density at radius 2 is 1.67 bits per heavy atom. The standard InChI is InChI=1S/C23H26FN5O3S/c1-16-4-7-19(8-5-16)27-22-15-23(26-17(2)25-22)28-10-12-29(13-11-28)33(30,31)21-14-18(24)6-9-20(21)32-3/h4-9,14-15H,10-13H2,1-3H3,(H,25,26,27). The van der Waals surface area contributed by atoms with E-state index in [-0.39, 0.29) is 23.7 Å². The van der Waals surface area contributed by atoms with Crippen molar-refractivity contribution < 1.29 is 17.5 Å². The third-order valence-electron chi connectivity index (χ3n) is 5.45. The van der Waals surface area contributed by atoms with Crippen LogP contribution in [0.15, 0.2) is 53.4 Å². The SMILES string of the molecule is COc1ccc(F)cc1S(=O)(=O)N1CCN(c2cc(Nc3ccc(C)cc3)nc(C)n2)CC1. The fraction of sp³-hybridized carbons (Fsp3) is 0.304. The van der Waals surface area contributed by atoms with E-state index in [0.29, 0.717) is 24.7 Å². The van der Waals surface area contributed by atoms with Gasteiger partial charge in [0.05, 0.1) is 7.11 Å². The minimum atomic E-state index is -3.90. The van der Waals surface area contributed by atoms with Crippen LogP contribution in [0, 0.1) is 19.7 Å². The molecule has 33 heavy (non-hydrogen) atoms. The van der Waals surface area contributed by atoms with Gasteiger partial charge in [-0.2, -0.15) is 4.31 Å². The second-order valence-corrected chi connectivity index (χ2v) is 9.74. The number of piperazine rings is 1. The molecule has 1 saturated heterocycles. The van der Waals surface area contributed by atoms with E-state index in [1.54, 1.807) is 0 Å². The first kappa shape index (κ1) is 22.9. The molecule has 8 nitrogen and oxygen atoms in total. The molecule has 1 aliphatic heterocycles. The number of methoxy groups -OCH3 is 1. The summed E-state index contributed by atoms with van der Waals surface area (Å²) in [6.07, 6.45) is 0. The number of benzene rings is 2. The van der Waals surface area contributed by atoms with Crippen LogP contribution in [0.1, 0.15) is 11.4 Å². The van der Waals surface area contributed by atoms with Gasteiger partial charge in [0.25, 0.3) is 0 Å². The quantitative estimate of drug-likeness (QED) is 0.589. The molecule has 174 valence electrons. The molecule has 1 N–H and O–H groups in total. The summed E-state index contributed by atoms with van der Waals surface area (Å²) in [5.41, 5.74) is 2.09. The molecule has 1 aromatic heterocycles. The minimum absolute atomic E-state index is 0.122. The molecule has 1 fully saturated rings. The molecule has 0 spiro atoms. The molecule has 0 bridgehead atoms. The Kier molecular flexibility index (Phi) is 6.48. The number of halogens is 1. The Balaban J connectivity index is 1.49. The van der Waals surface area contributed by atoms with E-state index < -0.39 is 15.8 Å². The van der Waals surface area contributed by atoms with Gasteiger partial charge in [-0.1, -0.05) is 17.7 Å². The largest absolute Gasteiger partial charge is 0.495 e. The van der Waals surface area contributed by atoms with E-state index in [4.69, 9.17) is 4.74 Å². The first-order valence-corrected chi connectivity index (χ1v) is 12.0. The summed E-state index contributed by atoms with van der Waals surface area (Å²) >= 11 is 0. The van der Waals surface area contributed by atoms with E-state index >= 15 is 0 Å². The Labute approximate surface area is 193 Å². The lowest BCUT2D eigenvalue weighted by atomic mass is 10.2. The van der Waals surface area contributed by atoms with Gasteiger partial charge in [-0.3, -0.25) is 0 Å². The number of nitrogens with one attached hydrogen (secondary N) is 1. The van der Waals surface area contributed by atoms with Gasteiger partial charge in [0.15, 0.2) is 0 Å². The molecule has 0 saturated carbocycles. The van der Waals surface area contributed by atoms with Crippen LogP contribution in [0.3, 0.4) is 0 Å². The van der Waals surface area contributed by atoms with Gasteiger partial charge in [-0.25, -0.2) is 22.8 Å². The molecule has 0 unspecified atom stereocenters. The van der Waals surface area contributed by atoms with Crippen molar-refractivity contribution >= 4 is 27.3 Å². The summed E-state index contributed by atoms with van der Waals surface area (Å²) in [6, 6.07) is 13.4. The van der Waals surface area contributed by atoms with Gasteiger partial charge in [0, 0.05) is 37.9 Å². The van der Waals surface area contributed by atoms with E-state index in [1.807, 2.05) is 49.1 Å². The Bertz CT molecular complexity index is 1240. The topological polar surface area (TPSA) is 87.7 Å². The Morgan fingerprint density at radius 3 is 2.33 bits per heavy atom. The molecule has 0 aliphatic carbocycles. The summed E-state index contributed by atoms with van der Waals surface area (Å²) in [5, 5.41) is 3.29. The van der Waals surface area contributed by atoms with Gasteiger partial charge in [-0.05, 0) is 44.2 Å². The molecular weight excluding hydrogens is 445 g/mol. The normalized spacial score (nSPS) is 14.8. The summed E-state index contributed by atoms with van der Waals surface area (Å²) in [5.74, 6) is 1.50. The zero-order chi connectivity index (χ0) is 23.6. The Morgan fingerprint density at radius 1 is 0.970 bits per heavy atom. The molecule has 1 aliphatic rings. The molecule has 10 heteroatoms. The molecule has 2 aromatic carbocycles. The Hall–Kier alpha value is -3.24. The van der Waals surface area contributed by atoms with Crippen LogP contribution in [0.5, 0.6) is 5.75 Å². The van der Waals surface area contributed by atoms with Crippen molar-refractivity contribution in [1.82, 2.24) is 14.3 Å². The number of rotatable bonds is 6. The lowest BCUT2D eigenvalue weighted by molar-refractivity contribution is 0.372. The predicted octanol–water partition coefficient (Wildman–Crippen LogP) is 3.50. The molecular formula is C23H26FN5O3S. The number of aryl methyl sites for hydroxylation is 2. The number of hydrogen-bond acceptors (Lipinski definition) is 7. The molecule has 2 heterocycles. The van der Waals surface area contributed by atoms with Crippen molar-refractivity contribution in [1.29, 1.82) is 0 Å². The average Bonchev–Trinajstić information content (AvgIpc) is 2.80. The maximum Gasteiger partial charge on any atom is 0.246 e. The van der Waals surface area contributed by atoms with E-state index in [1.165, 1.54) is 29.1 Å². The molecule has 0 amide bonds. The maximum atomic E-state index is 13.7. The van der Waals surface area contributed by atoms with E-state index in [9.17, 15) is 12.8 Å². The van der Waals surface area contributed by atoms with Crippen LogP contribution in [0.25, 0.3) is 0 Å². The van der Waals surface area contributed by atoms with Crippen molar-refractivity contribution in [3.8, 4) is 5.75 Å². The van der Waals surface area contributed by atoms with Crippen molar-refractivity contribution in [3.05, 3.63) is 65.7 Å². The van der Waals surface area contributed by atoms with E-state index in [2.05, 4.69) is 15.3 Å². The second kappa shape index (κ2) is 9.32. The minimum Gasteiger partial charge on any atom is -0.495 e. The van der Waals surface area contributed by atoms with Crippen LogP contribution in [0.4, 0.5) is 21.7 Å². The highest BCUT2D eigenvalue weighted by molar-refractivity contribution is 7.89. The van der Waals surface area contributed by atoms with Crippen molar-refractivity contribution in [2.45, 2.75) is 18.7 Å². The highest BCUT2D eigenvalue weighted by atomic mass is 32.2. The molecule has 0 radical (unpaired) electrons. The van der Waals surface area contributed by atoms with Gasteiger partial charge >= 0.3 is 0 Å². The first-order chi connectivity index (χ1) is 15.8. The maximum absolute atomic E-state index is 13.7. The number of aromatic nitrogens is 2. The lowest BCUT2D eigenvalue weighted by Crippen LogP contribution is -2.49. The molecule has 4 rings (SSSR count). The van der Waals surface area contributed by atoms with Crippen molar-refractivity contribution in [2.75, 3.05) is 43.5 Å². The monoisotopic (exact) mass is 471 g/mol. The summed E-state index contributed by atoms with van der Waals surface area (Å²) in [7, 11) is -2.53. The highest BCUT2D eigenvalue weighted by Gasteiger charge is 2.31. The zero-order valence-electron chi connectivity index (χ0n) is 18.7. The zero-order valence-corrected chi connectivity index (χ0v) is 19.6.